The summed E-state index contributed by atoms with van der Waals surface area (Å²) in [5.41, 5.74) is 1.99. The third-order valence-corrected chi connectivity index (χ3v) is 5.98. The number of hydrogen-bond donors (Lipinski definition) is 2. The van der Waals surface area contributed by atoms with Crippen LogP contribution in [0.1, 0.15) is 32.8 Å². The van der Waals surface area contributed by atoms with Gasteiger partial charge in [0.05, 0.1) is 11.5 Å². The van der Waals surface area contributed by atoms with Crippen molar-refractivity contribution in [3.8, 4) is 0 Å². The molecule has 7 nitrogen and oxygen atoms in total. The number of para-hydroxylation sites is 1. The summed E-state index contributed by atoms with van der Waals surface area (Å²) in [5.74, 6) is -0.826. The third kappa shape index (κ3) is 4.26. The van der Waals surface area contributed by atoms with Gasteiger partial charge in [-0.2, -0.15) is 0 Å². The quantitative estimate of drug-likeness (QED) is 0.846. The molecular weight excluding hydrogens is 354 g/mol. The number of rotatable bonds is 4. The molecular formula is C18H19N3O4S. The Morgan fingerprint density at radius 3 is 2.62 bits per heavy atom. The molecule has 1 unspecified atom stereocenters. The first-order chi connectivity index (χ1) is 12.3. The van der Waals surface area contributed by atoms with Gasteiger partial charge >= 0.3 is 0 Å². The number of nitrogens with one attached hydrogen (secondary N) is 2. The lowest BCUT2D eigenvalue weighted by atomic mass is 10.1. The fraction of sp³-hybridized carbons (Fsp3) is 0.278. The van der Waals surface area contributed by atoms with E-state index < -0.39 is 21.8 Å². The molecule has 1 aromatic heterocycles. The first kappa shape index (κ1) is 18.1. The molecule has 0 aliphatic carbocycles. The number of carbonyl (C=O) groups excluding carboxylic acids is 2. The Labute approximate surface area is 151 Å². The Hall–Kier alpha value is -2.74. The van der Waals surface area contributed by atoms with E-state index in [2.05, 4.69) is 15.6 Å². The minimum absolute atomic E-state index is 0.0633. The predicted molar refractivity (Wildman–Crippen MR) is 97.9 cm³/mol. The Kier molecular flexibility index (Phi) is 5.03. The number of carbonyl (C=O) groups is 2. The van der Waals surface area contributed by atoms with E-state index in [0.29, 0.717) is 17.7 Å². The number of hydrogen-bond acceptors (Lipinski definition) is 5. The molecule has 2 aromatic rings. The second-order valence-corrected chi connectivity index (χ2v) is 8.50. The Bertz CT molecular complexity index is 956. The van der Waals surface area contributed by atoms with Gasteiger partial charge in [0.1, 0.15) is 5.69 Å². The van der Waals surface area contributed by atoms with Crippen LogP contribution in [0.3, 0.4) is 0 Å². The summed E-state index contributed by atoms with van der Waals surface area (Å²) >= 11 is 0. The molecule has 1 saturated heterocycles. The zero-order chi connectivity index (χ0) is 18.7. The number of benzene rings is 1. The van der Waals surface area contributed by atoms with Gasteiger partial charge in [0.15, 0.2) is 9.84 Å². The molecule has 3 rings (SSSR count). The highest BCUT2D eigenvalue weighted by molar-refractivity contribution is 7.91. The molecule has 1 atom stereocenters. The monoisotopic (exact) mass is 373 g/mol. The molecule has 0 saturated carbocycles. The van der Waals surface area contributed by atoms with E-state index in [1.54, 1.807) is 6.07 Å². The Balaban J connectivity index is 1.70. The van der Waals surface area contributed by atoms with Crippen LogP contribution in [0, 0.1) is 6.92 Å². The van der Waals surface area contributed by atoms with Crippen LogP contribution in [-0.4, -0.2) is 42.8 Å². The smallest absolute Gasteiger partial charge is 0.270 e. The zero-order valence-corrected chi connectivity index (χ0v) is 15.0. The number of sulfone groups is 1. The van der Waals surface area contributed by atoms with Gasteiger partial charge in [-0.3, -0.25) is 14.6 Å². The lowest BCUT2D eigenvalue weighted by molar-refractivity contribution is 0.0936. The van der Waals surface area contributed by atoms with Crippen LogP contribution in [0.15, 0.2) is 42.6 Å². The average molecular weight is 373 g/mol. The molecule has 1 fully saturated rings. The second kappa shape index (κ2) is 7.25. The first-order valence-electron chi connectivity index (χ1n) is 8.18. The van der Waals surface area contributed by atoms with E-state index in [1.165, 1.54) is 18.3 Å². The van der Waals surface area contributed by atoms with E-state index in [4.69, 9.17) is 0 Å². The van der Waals surface area contributed by atoms with Crippen LogP contribution < -0.4 is 10.6 Å². The van der Waals surface area contributed by atoms with Crippen molar-refractivity contribution in [3.05, 3.63) is 59.4 Å². The number of anilines is 1. The van der Waals surface area contributed by atoms with Crippen molar-refractivity contribution in [3.63, 3.8) is 0 Å². The van der Waals surface area contributed by atoms with E-state index in [-0.39, 0.29) is 23.1 Å². The van der Waals surface area contributed by atoms with Crippen LogP contribution in [0.4, 0.5) is 5.69 Å². The number of amides is 2. The summed E-state index contributed by atoms with van der Waals surface area (Å²) in [6.07, 6.45) is 1.77. The molecule has 0 radical (unpaired) electrons. The normalized spacial score (nSPS) is 18.3. The van der Waals surface area contributed by atoms with Crippen LogP contribution >= 0.6 is 0 Å². The van der Waals surface area contributed by atoms with Crippen molar-refractivity contribution < 1.29 is 18.0 Å². The molecule has 0 bridgehead atoms. The molecule has 1 aliphatic rings. The van der Waals surface area contributed by atoms with Crippen molar-refractivity contribution in [2.75, 3.05) is 16.8 Å². The van der Waals surface area contributed by atoms with E-state index in [1.807, 2.05) is 25.1 Å². The van der Waals surface area contributed by atoms with Gasteiger partial charge in [0, 0.05) is 23.5 Å². The van der Waals surface area contributed by atoms with Gasteiger partial charge in [-0.05, 0) is 37.1 Å². The maximum atomic E-state index is 12.4. The Morgan fingerprint density at radius 2 is 1.92 bits per heavy atom. The number of aromatic nitrogens is 1. The van der Waals surface area contributed by atoms with Crippen LogP contribution in [-0.2, 0) is 9.84 Å². The molecule has 0 spiro atoms. The summed E-state index contributed by atoms with van der Waals surface area (Å²) in [4.78, 5) is 28.7. The number of pyridine rings is 1. The molecule has 26 heavy (non-hydrogen) atoms. The fourth-order valence-corrected chi connectivity index (χ4v) is 4.45. The van der Waals surface area contributed by atoms with Crippen molar-refractivity contribution in [1.82, 2.24) is 10.3 Å². The molecule has 1 aliphatic heterocycles. The summed E-state index contributed by atoms with van der Waals surface area (Å²) in [7, 11) is -3.08. The highest BCUT2D eigenvalue weighted by atomic mass is 32.2. The van der Waals surface area contributed by atoms with Crippen molar-refractivity contribution in [1.29, 1.82) is 0 Å². The van der Waals surface area contributed by atoms with E-state index in [0.717, 1.165) is 5.56 Å². The fourth-order valence-electron chi connectivity index (χ4n) is 2.77. The molecule has 2 N–H and O–H groups in total. The van der Waals surface area contributed by atoms with Gasteiger partial charge in [0.25, 0.3) is 11.8 Å². The predicted octanol–water partition coefficient (Wildman–Crippen LogP) is 1.56. The summed E-state index contributed by atoms with van der Waals surface area (Å²) in [6, 6.07) is 9.88. The lowest BCUT2D eigenvalue weighted by Crippen LogP contribution is -2.36. The van der Waals surface area contributed by atoms with Crippen molar-refractivity contribution in [2.24, 2.45) is 0 Å². The molecule has 2 amide bonds. The van der Waals surface area contributed by atoms with Gasteiger partial charge in [-0.25, -0.2) is 8.42 Å². The molecule has 8 heteroatoms. The van der Waals surface area contributed by atoms with Crippen molar-refractivity contribution in [2.45, 2.75) is 19.4 Å². The van der Waals surface area contributed by atoms with E-state index >= 15 is 0 Å². The summed E-state index contributed by atoms with van der Waals surface area (Å²) in [6.45, 7) is 1.89. The van der Waals surface area contributed by atoms with Crippen LogP contribution in [0.5, 0.6) is 0 Å². The SMILES string of the molecule is Cc1ccccc1NC(=O)c1ccnc(C(=O)NC2CCS(=O)(=O)C2)c1. The van der Waals surface area contributed by atoms with Gasteiger partial charge in [-0.1, -0.05) is 18.2 Å². The third-order valence-electron chi connectivity index (χ3n) is 4.22. The average Bonchev–Trinajstić information content (AvgIpc) is 2.95. The highest BCUT2D eigenvalue weighted by Gasteiger charge is 2.29. The molecule has 1 aromatic carbocycles. The van der Waals surface area contributed by atoms with Crippen molar-refractivity contribution >= 4 is 27.3 Å². The summed E-state index contributed by atoms with van der Waals surface area (Å²) < 4.78 is 23.0. The van der Waals surface area contributed by atoms with Gasteiger partial charge in [-0.15, -0.1) is 0 Å². The summed E-state index contributed by atoms with van der Waals surface area (Å²) in [5, 5.41) is 5.46. The number of aryl methyl sites for hydroxylation is 1. The largest absolute Gasteiger partial charge is 0.347 e. The van der Waals surface area contributed by atoms with Crippen LogP contribution in [0.25, 0.3) is 0 Å². The van der Waals surface area contributed by atoms with Gasteiger partial charge in [0.2, 0.25) is 0 Å². The van der Waals surface area contributed by atoms with Gasteiger partial charge < -0.3 is 10.6 Å². The Morgan fingerprint density at radius 1 is 1.15 bits per heavy atom. The first-order valence-corrected chi connectivity index (χ1v) is 10.0. The topological polar surface area (TPSA) is 105 Å². The minimum Gasteiger partial charge on any atom is -0.347 e. The number of nitrogens with zero attached hydrogens (tertiary/aromatic N) is 1. The lowest BCUT2D eigenvalue weighted by Gasteiger charge is -2.11. The molecule has 2 heterocycles. The standard InChI is InChI=1S/C18H19N3O4S/c1-12-4-2-3-5-15(12)21-17(22)13-6-8-19-16(10-13)18(23)20-14-7-9-26(24,25)11-14/h2-6,8,10,14H,7,9,11H2,1H3,(H,20,23)(H,21,22). The maximum absolute atomic E-state index is 12.4. The molecule has 136 valence electrons. The minimum atomic E-state index is -3.08. The van der Waals surface area contributed by atoms with Crippen LogP contribution in [0.2, 0.25) is 0 Å². The maximum Gasteiger partial charge on any atom is 0.270 e. The second-order valence-electron chi connectivity index (χ2n) is 6.27. The zero-order valence-electron chi connectivity index (χ0n) is 14.2. The van der Waals surface area contributed by atoms with E-state index in [9.17, 15) is 18.0 Å². The highest BCUT2D eigenvalue weighted by Crippen LogP contribution is 2.15.